The molecule has 18 heavy (non-hydrogen) atoms. The molecule has 0 aliphatic rings. The Morgan fingerprint density at radius 3 is 2.44 bits per heavy atom. The van der Waals surface area contributed by atoms with Gasteiger partial charge in [0.25, 0.3) is 0 Å². The Labute approximate surface area is 105 Å². The van der Waals surface area contributed by atoms with Gasteiger partial charge in [-0.05, 0) is 18.1 Å². The lowest BCUT2D eigenvalue weighted by molar-refractivity contribution is 1.08. The van der Waals surface area contributed by atoms with Gasteiger partial charge in [-0.2, -0.15) is 15.0 Å². The number of rotatable bonds is 4. The van der Waals surface area contributed by atoms with E-state index < -0.39 is 0 Å². The highest BCUT2D eigenvalue weighted by Gasteiger charge is 2.05. The molecule has 2 rings (SSSR count). The Balaban J connectivity index is 2.30. The molecule has 0 spiro atoms. The van der Waals surface area contributed by atoms with E-state index in [4.69, 9.17) is 11.5 Å². The molecular weight excluding hydrogens is 228 g/mol. The third-order valence-corrected chi connectivity index (χ3v) is 2.30. The molecule has 2 aromatic rings. The maximum absolute atomic E-state index is 5.51. The minimum atomic E-state index is 0.0891. The van der Waals surface area contributed by atoms with Crippen LogP contribution in [0.5, 0.6) is 0 Å². The topological polar surface area (TPSA) is 103 Å². The van der Waals surface area contributed by atoms with E-state index in [1.54, 1.807) is 0 Å². The monoisotopic (exact) mass is 242 g/mol. The zero-order valence-electron chi connectivity index (χ0n) is 9.80. The Morgan fingerprint density at radius 2 is 1.78 bits per heavy atom. The summed E-state index contributed by atoms with van der Waals surface area (Å²) in [6.07, 6.45) is 2.58. The Morgan fingerprint density at radius 1 is 1.11 bits per heavy atom. The molecule has 0 atom stereocenters. The summed E-state index contributed by atoms with van der Waals surface area (Å²) >= 11 is 0. The SMILES string of the molecule is C=CCc1ccccc1Nc1nc(N)nc(N)n1. The predicted octanol–water partition coefficient (Wildman–Crippen LogP) is 1.51. The van der Waals surface area contributed by atoms with Crippen molar-refractivity contribution < 1.29 is 0 Å². The minimum Gasteiger partial charge on any atom is -0.368 e. The van der Waals surface area contributed by atoms with Gasteiger partial charge in [0, 0.05) is 5.69 Å². The molecule has 6 heteroatoms. The fourth-order valence-electron chi connectivity index (χ4n) is 1.56. The van der Waals surface area contributed by atoms with Crippen LogP contribution in [0.25, 0.3) is 0 Å². The van der Waals surface area contributed by atoms with Gasteiger partial charge in [0.2, 0.25) is 17.8 Å². The van der Waals surface area contributed by atoms with Gasteiger partial charge in [-0.1, -0.05) is 24.3 Å². The average molecular weight is 242 g/mol. The van der Waals surface area contributed by atoms with Gasteiger partial charge in [-0.3, -0.25) is 0 Å². The van der Waals surface area contributed by atoms with Crippen molar-refractivity contribution in [3.05, 3.63) is 42.5 Å². The first kappa shape index (κ1) is 11.8. The van der Waals surface area contributed by atoms with E-state index in [2.05, 4.69) is 26.8 Å². The van der Waals surface area contributed by atoms with Gasteiger partial charge in [0.15, 0.2) is 0 Å². The molecule has 0 aliphatic heterocycles. The number of aromatic nitrogens is 3. The molecule has 0 bridgehead atoms. The third kappa shape index (κ3) is 2.73. The predicted molar refractivity (Wildman–Crippen MR) is 72.3 cm³/mol. The maximum Gasteiger partial charge on any atom is 0.233 e. The van der Waals surface area contributed by atoms with E-state index in [1.807, 2.05) is 30.3 Å². The summed E-state index contributed by atoms with van der Waals surface area (Å²) < 4.78 is 0. The molecule has 92 valence electrons. The van der Waals surface area contributed by atoms with Crippen molar-refractivity contribution in [2.24, 2.45) is 0 Å². The van der Waals surface area contributed by atoms with E-state index in [9.17, 15) is 0 Å². The van der Waals surface area contributed by atoms with Gasteiger partial charge in [0.1, 0.15) is 0 Å². The molecule has 0 aliphatic carbocycles. The van der Waals surface area contributed by atoms with E-state index in [0.717, 1.165) is 17.7 Å². The van der Waals surface area contributed by atoms with Gasteiger partial charge >= 0.3 is 0 Å². The van der Waals surface area contributed by atoms with Crippen molar-refractivity contribution >= 4 is 23.5 Å². The van der Waals surface area contributed by atoms with Crippen LogP contribution in [0.3, 0.4) is 0 Å². The number of nitrogen functional groups attached to an aromatic ring is 2. The van der Waals surface area contributed by atoms with Gasteiger partial charge in [0.05, 0.1) is 0 Å². The molecule has 6 nitrogen and oxygen atoms in total. The van der Waals surface area contributed by atoms with Crippen LogP contribution in [0.2, 0.25) is 0 Å². The quantitative estimate of drug-likeness (QED) is 0.702. The fraction of sp³-hybridized carbons (Fsp3) is 0.0833. The van der Waals surface area contributed by atoms with E-state index >= 15 is 0 Å². The van der Waals surface area contributed by atoms with Gasteiger partial charge in [-0.25, -0.2) is 0 Å². The summed E-state index contributed by atoms with van der Waals surface area (Å²) in [7, 11) is 0. The number of benzene rings is 1. The first-order valence-corrected chi connectivity index (χ1v) is 5.42. The van der Waals surface area contributed by atoms with E-state index in [-0.39, 0.29) is 11.9 Å². The molecule has 1 heterocycles. The van der Waals surface area contributed by atoms with Gasteiger partial charge in [-0.15, -0.1) is 6.58 Å². The zero-order valence-corrected chi connectivity index (χ0v) is 9.80. The van der Waals surface area contributed by atoms with Gasteiger partial charge < -0.3 is 16.8 Å². The number of nitrogens with one attached hydrogen (secondary N) is 1. The molecule has 0 saturated heterocycles. The van der Waals surface area contributed by atoms with Crippen LogP contribution in [0, 0.1) is 0 Å². The van der Waals surface area contributed by atoms with Crippen LogP contribution >= 0.6 is 0 Å². The molecule has 0 radical (unpaired) electrons. The second-order valence-electron chi connectivity index (χ2n) is 3.65. The number of para-hydroxylation sites is 1. The van der Waals surface area contributed by atoms with Crippen LogP contribution in [-0.2, 0) is 6.42 Å². The number of allylic oxidation sites excluding steroid dienone is 1. The van der Waals surface area contributed by atoms with Crippen LogP contribution in [0.1, 0.15) is 5.56 Å². The number of hydrogen-bond acceptors (Lipinski definition) is 6. The summed E-state index contributed by atoms with van der Waals surface area (Å²) in [6.45, 7) is 3.72. The normalized spacial score (nSPS) is 10.0. The first-order valence-electron chi connectivity index (χ1n) is 5.42. The van der Waals surface area contributed by atoms with Crippen molar-refractivity contribution in [1.82, 2.24) is 15.0 Å². The summed E-state index contributed by atoms with van der Waals surface area (Å²) in [5.74, 6) is 0.508. The summed E-state index contributed by atoms with van der Waals surface area (Å²) in [4.78, 5) is 11.7. The van der Waals surface area contributed by atoms with Crippen molar-refractivity contribution in [2.45, 2.75) is 6.42 Å². The summed E-state index contributed by atoms with van der Waals surface area (Å²) in [5.41, 5.74) is 13.0. The highest BCUT2D eigenvalue weighted by Crippen LogP contribution is 2.19. The Bertz CT molecular complexity index is 546. The van der Waals surface area contributed by atoms with Crippen LogP contribution in [-0.4, -0.2) is 15.0 Å². The minimum absolute atomic E-state index is 0.0891. The number of hydrogen-bond donors (Lipinski definition) is 3. The van der Waals surface area contributed by atoms with Crippen LogP contribution in [0.15, 0.2) is 36.9 Å². The first-order chi connectivity index (χ1) is 8.69. The fourth-order valence-corrected chi connectivity index (χ4v) is 1.56. The third-order valence-electron chi connectivity index (χ3n) is 2.30. The van der Waals surface area contributed by atoms with Crippen LogP contribution in [0.4, 0.5) is 23.5 Å². The molecule has 5 N–H and O–H groups in total. The smallest absolute Gasteiger partial charge is 0.233 e. The standard InChI is InChI=1S/C12H14N6/c1-2-5-8-6-3-4-7-9(8)15-12-17-10(13)16-11(14)18-12/h2-4,6-7H,1,5H2,(H5,13,14,15,16,17,18). The Kier molecular flexibility index (Phi) is 3.38. The lowest BCUT2D eigenvalue weighted by Gasteiger charge is -2.09. The lowest BCUT2D eigenvalue weighted by Crippen LogP contribution is -2.07. The molecule has 1 aromatic carbocycles. The molecule has 0 fully saturated rings. The number of nitrogens with zero attached hydrogens (tertiary/aromatic N) is 3. The lowest BCUT2D eigenvalue weighted by atomic mass is 10.1. The maximum atomic E-state index is 5.51. The number of nitrogens with two attached hydrogens (primary N) is 2. The second-order valence-corrected chi connectivity index (χ2v) is 3.65. The molecule has 1 aromatic heterocycles. The average Bonchev–Trinajstić information content (AvgIpc) is 2.30. The van der Waals surface area contributed by atoms with Crippen LogP contribution < -0.4 is 16.8 Å². The summed E-state index contributed by atoms with van der Waals surface area (Å²) in [5, 5.41) is 3.07. The zero-order chi connectivity index (χ0) is 13.0. The Hall–Kier alpha value is -2.63. The second kappa shape index (κ2) is 5.13. The molecular formula is C12H14N6. The molecule has 0 saturated carbocycles. The largest absolute Gasteiger partial charge is 0.368 e. The highest BCUT2D eigenvalue weighted by atomic mass is 15.2. The van der Waals surface area contributed by atoms with Crippen molar-refractivity contribution in [3.63, 3.8) is 0 Å². The highest BCUT2D eigenvalue weighted by molar-refractivity contribution is 5.59. The number of anilines is 4. The van der Waals surface area contributed by atoms with Crippen molar-refractivity contribution in [1.29, 1.82) is 0 Å². The van der Waals surface area contributed by atoms with E-state index in [0.29, 0.717) is 5.95 Å². The summed E-state index contributed by atoms with van der Waals surface area (Å²) in [6, 6.07) is 7.80. The molecule has 0 amide bonds. The molecule has 0 unspecified atom stereocenters. The van der Waals surface area contributed by atoms with Crippen molar-refractivity contribution in [2.75, 3.05) is 16.8 Å². The van der Waals surface area contributed by atoms with E-state index in [1.165, 1.54) is 0 Å². The van der Waals surface area contributed by atoms with Crippen molar-refractivity contribution in [3.8, 4) is 0 Å².